The molecule has 6 aromatic rings. The first-order chi connectivity index (χ1) is 17.8. The smallest absolute Gasteiger partial charge is 0.216 e. The van der Waals surface area contributed by atoms with E-state index in [-0.39, 0.29) is 0 Å². The Labute approximate surface area is 203 Å². The van der Waals surface area contributed by atoms with E-state index < -0.39 is 6.85 Å². The Morgan fingerprint density at radius 1 is 0.706 bits per heavy atom. The first-order valence-electron chi connectivity index (χ1n) is 12.9. The highest BCUT2D eigenvalue weighted by atomic mass is 16.3. The normalized spacial score (nSPS) is 13.1. The Bertz CT molecular complexity index is 1780. The van der Waals surface area contributed by atoms with Gasteiger partial charge in [-0.1, -0.05) is 78.9 Å². The molecule has 34 heavy (non-hydrogen) atoms. The van der Waals surface area contributed by atoms with E-state index >= 15 is 0 Å². The zero-order valence-corrected chi connectivity index (χ0v) is 19.2. The number of para-hydroxylation sites is 1. The summed E-state index contributed by atoms with van der Waals surface area (Å²) in [5, 5.41) is 2.09. The van der Waals surface area contributed by atoms with Gasteiger partial charge >= 0.3 is 0 Å². The molecule has 0 aliphatic heterocycles. The molecule has 0 amide bonds. The molecule has 6 rings (SSSR count). The molecule has 0 N–H and O–H groups in total. The second kappa shape index (κ2) is 8.00. The van der Waals surface area contributed by atoms with Gasteiger partial charge in [-0.15, -0.1) is 0 Å². The van der Waals surface area contributed by atoms with E-state index in [1.165, 1.54) is 5.56 Å². The lowest BCUT2D eigenvalue weighted by molar-refractivity contribution is -0.660. The summed E-state index contributed by atoms with van der Waals surface area (Å²) >= 11 is 0. The van der Waals surface area contributed by atoms with Crippen LogP contribution in [0, 0.1) is 13.8 Å². The van der Waals surface area contributed by atoms with Crippen molar-refractivity contribution < 1.29 is 13.1 Å². The summed E-state index contributed by atoms with van der Waals surface area (Å²) in [4.78, 5) is 0. The van der Waals surface area contributed by atoms with Crippen molar-refractivity contribution in [1.29, 1.82) is 0 Å². The summed E-state index contributed by atoms with van der Waals surface area (Å²) in [6.45, 7) is -0.0935. The maximum absolute atomic E-state index is 7.77. The van der Waals surface area contributed by atoms with Gasteiger partial charge in [-0.05, 0) is 48.2 Å². The summed E-state index contributed by atoms with van der Waals surface area (Å²) in [6.07, 6.45) is 1.68. The molecule has 0 aliphatic carbocycles. The Balaban J connectivity index is 1.56. The van der Waals surface area contributed by atoms with Gasteiger partial charge in [0.2, 0.25) is 5.69 Å². The molecule has 164 valence electrons. The maximum Gasteiger partial charge on any atom is 0.216 e. The van der Waals surface area contributed by atoms with Crippen LogP contribution < -0.4 is 4.57 Å². The third-order valence-electron chi connectivity index (χ3n) is 6.55. The monoisotopic (exact) mass is 443 g/mol. The number of fused-ring (bicyclic) bond motifs is 3. The van der Waals surface area contributed by atoms with Crippen molar-refractivity contribution in [3.63, 3.8) is 0 Å². The minimum absolute atomic E-state index is 0.314. The molecule has 0 fully saturated rings. The van der Waals surface area contributed by atoms with Crippen LogP contribution in [-0.2, 0) is 7.05 Å². The quantitative estimate of drug-likeness (QED) is 0.253. The van der Waals surface area contributed by atoms with Crippen LogP contribution in [0.5, 0.6) is 0 Å². The second-order valence-corrected chi connectivity index (χ2v) is 8.78. The minimum Gasteiger partial charge on any atom is -0.454 e. The van der Waals surface area contributed by atoms with Crippen LogP contribution in [0.15, 0.2) is 108 Å². The average Bonchev–Trinajstić information content (AvgIpc) is 3.28. The van der Waals surface area contributed by atoms with Crippen molar-refractivity contribution in [3.05, 3.63) is 114 Å². The van der Waals surface area contributed by atoms with Crippen molar-refractivity contribution in [3.8, 4) is 33.5 Å². The van der Waals surface area contributed by atoms with Crippen molar-refractivity contribution in [2.75, 3.05) is 0 Å². The first kappa shape index (κ1) is 17.3. The highest BCUT2D eigenvalue weighted by Gasteiger charge is 2.21. The van der Waals surface area contributed by atoms with Crippen molar-refractivity contribution in [1.82, 2.24) is 0 Å². The fourth-order valence-electron chi connectivity index (χ4n) is 4.87. The second-order valence-electron chi connectivity index (χ2n) is 8.78. The Morgan fingerprint density at radius 3 is 2.29 bits per heavy atom. The van der Waals surface area contributed by atoms with E-state index in [4.69, 9.17) is 8.53 Å². The molecule has 2 heteroatoms. The van der Waals surface area contributed by atoms with Gasteiger partial charge < -0.3 is 4.42 Å². The number of nitrogens with zero attached hydrogens (tertiary/aromatic N) is 1. The largest absolute Gasteiger partial charge is 0.454 e. The fraction of sp³-hybridized carbons (Fsp3) is 0.0938. The van der Waals surface area contributed by atoms with Crippen LogP contribution in [0.4, 0.5) is 0 Å². The van der Waals surface area contributed by atoms with Crippen LogP contribution in [-0.4, -0.2) is 0 Å². The lowest BCUT2D eigenvalue weighted by Gasteiger charge is -2.07. The van der Waals surface area contributed by atoms with Gasteiger partial charge in [0.15, 0.2) is 6.20 Å². The number of aryl methyl sites for hydroxylation is 3. The van der Waals surface area contributed by atoms with Gasteiger partial charge in [-0.3, -0.25) is 0 Å². The van der Waals surface area contributed by atoms with E-state index in [1.807, 2.05) is 23.7 Å². The van der Waals surface area contributed by atoms with Gasteiger partial charge in [0.25, 0.3) is 0 Å². The number of pyridine rings is 1. The molecule has 0 bridgehead atoms. The van der Waals surface area contributed by atoms with Crippen LogP contribution in [0.2, 0.25) is 0 Å². The minimum atomic E-state index is -2.15. The topological polar surface area (TPSA) is 17.0 Å². The van der Waals surface area contributed by atoms with E-state index in [0.29, 0.717) is 5.56 Å². The van der Waals surface area contributed by atoms with E-state index in [9.17, 15) is 0 Å². The first-order valence-corrected chi connectivity index (χ1v) is 11.4. The summed E-state index contributed by atoms with van der Waals surface area (Å²) in [7, 11) is 1.88. The molecule has 0 saturated carbocycles. The van der Waals surface area contributed by atoms with Crippen molar-refractivity contribution in [2.45, 2.75) is 13.8 Å². The molecule has 2 nitrogen and oxygen atoms in total. The third kappa shape index (κ3) is 3.31. The van der Waals surface area contributed by atoms with E-state index in [1.54, 1.807) is 12.3 Å². The number of hydrogen-bond donors (Lipinski definition) is 0. The van der Waals surface area contributed by atoms with Crippen molar-refractivity contribution in [2.24, 2.45) is 7.05 Å². The van der Waals surface area contributed by atoms with Gasteiger partial charge in [0, 0.05) is 32.1 Å². The van der Waals surface area contributed by atoms with Gasteiger partial charge in [0.05, 0.1) is 5.56 Å². The Hall–Kier alpha value is -4.17. The summed E-state index contributed by atoms with van der Waals surface area (Å²) < 4.78 is 31.9. The third-order valence-corrected chi connectivity index (χ3v) is 6.55. The molecule has 0 radical (unpaired) electrons. The Morgan fingerprint density at radius 2 is 1.47 bits per heavy atom. The average molecular weight is 444 g/mol. The summed E-state index contributed by atoms with van der Waals surface area (Å²) in [5.41, 5.74) is 9.37. The zero-order chi connectivity index (χ0) is 25.7. The van der Waals surface area contributed by atoms with Gasteiger partial charge in [-0.25, -0.2) is 4.57 Å². The number of hydrogen-bond acceptors (Lipinski definition) is 1. The lowest BCUT2D eigenvalue weighted by Crippen LogP contribution is -2.31. The van der Waals surface area contributed by atoms with Crippen LogP contribution >= 0.6 is 0 Å². The lowest BCUT2D eigenvalue weighted by atomic mass is 9.97. The zero-order valence-electron chi connectivity index (χ0n) is 22.2. The van der Waals surface area contributed by atoms with Gasteiger partial charge in [0.1, 0.15) is 18.2 Å². The molecule has 0 saturated heterocycles. The predicted molar refractivity (Wildman–Crippen MR) is 141 cm³/mol. The summed E-state index contributed by atoms with van der Waals surface area (Å²) in [5.74, 6) is 0. The summed E-state index contributed by atoms with van der Waals surface area (Å²) in [6, 6.07) is 33.0. The number of benzene rings is 4. The molecular weight excluding hydrogens is 414 g/mol. The number of furan rings is 1. The van der Waals surface area contributed by atoms with Gasteiger partial charge in [-0.2, -0.15) is 0 Å². The molecule has 0 atom stereocenters. The SMILES string of the molecule is [2H]C([2H])([2H])c1ccc(-c2c(C)ccc3c2oc2c(-c4cccc(-c5ccccc5)c4)cccc23)[n+](C)c1. The molecule has 0 unspecified atom stereocenters. The molecular formula is C32H26NO+. The standard InChI is InChI=1S/C32H26NO/c1-21-15-18-29(33(3)20-21)30-22(2)16-17-28-27-14-8-13-26(31(27)34-32(28)30)25-12-7-11-24(19-25)23-9-5-4-6-10-23/h4-20H,1-3H3/q+1/i1D3. The highest BCUT2D eigenvalue weighted by Crippen LogP contribution is 2.41. The molecule has 0 aliphatic rings. The van der Waals surface area contributed by atoms with E-state index in [2.05, 4.69) is 85.8 Å². The number of aromatic nitrogens is 1. The Kier molecular flexibility index (Phi) is 4.08. The van der Waals surface area contributed by atoms with Crippen LogP contribution in [0.3, 0.4) is 0 Å². The molecule has 2 heterocycles. The highest BCUT2D eigenvalue weighted by molar-refractivity contribution is 6.13. The predicted octanol–water partition coefficient (Wildman–Crippen LogP) is 8.03. The molecule has 0 spiro atoms. The molecule has 2 aromatic heterocycles. The fourth-order valence-corrected chi connectivity index (χ4v) is 4.87. The molecule has 4 aromatic carbocycles. The van der Waals surface area contributed by atoms with E-state index in [0.717, 1.165) is 55.4 Å². The van der Waals surface area contributed by atoms with Crippen LogP contribution in [0.1, 0.15) is 15.2 Å². The maximum atomic E-state index is 7.77. The van der Waals surface area contributed by atoms with Crippen molar-refractivity contribution >= 4 is 21.9 Å². The number of rotatable bonds is 3. The van der Waals surface area contributed by atoms with Crippen LogP contribution in [0.25, 0.3) is 55.4 Å².